The lowest BCUT2D eigenvalue weighted by molar-refractivity contribution is -0.0395. The van der Waals surface area contributed by atoms with Crippen LogP contribution in [0.2, 0.25) is 0 Å². The van der Waals surface area contributed by atoms with E-state index < -0.39 is 15.9 Å². The molecule has 1 aliphatic carbocycles. The lowest BCUT2D eigenvalue weighted by Gasteiger charge is -2.46. The molecule has 2 rings (SSSR count). The van der Waals surface area contributed by atoms with E-state index in [1.165, 1.54) is 25.5 Å². The highest BCUT2D eigenvalue weighted by Crippen LogP contribution is 2.40. The van der Waals surface area contributed by atoms with Crippen molar-refractivity contribution in [3.63, 3.8) is 0 Å². The molecule has 0 radical (unpaired) electrons. The number of sulfone groups is 1. The lowest BCUT2D eigenvalue weighted by atomic mass is 9.85. The summed E-state index contributed by atoms with van der Waals surface area (Å²) in [5, 5.41) is 10.6. The van der Waals surface area contributed by atoms with Crippen LogP contribution in [0.15, 0.2) is 0 Å². The van der Waals surface area contributed by atoms with Gasteiger partial charge in [-0.3, -0.25) is 4.90 Å². The summed E-state index contributed by atoms with van der Waals surface area (Å²) in [6.45, 7) is 2.13. The number of piperidine rings is 1. The van der Waals surface area contributed by atoms with Gasteiger partial charge in [-0.15, -0.1) is 0 Å². The van der Waals surface area contributed by atoms with Crippen molar-refractivity contribution in [2.75, 3.05) is 25.1 Å². The molecule has 1 aliphatic heterocycles. The highest BCUT2D eigenvalue weighted by Gasteiger charge is 2.45. The summed E-state index contributed by atoms with van der Waals surface area (Å²) < 4.78 is 22.6. The summed E-state index contributed by atoms with van der Waals surface area (Å²) >= 11 is 0. The first-order chi connectivity index (χ1) is 8.94. The van der Waals surface area contributed by atoms with Gasteiger partial charge in [-0.1, -0.05) is 19.3 Å². The second kappa shape index (κ2) is 6.10. The Hall–Kier alpha value is -0.130. The molecule has 2 aliphatic rings. The van der Waals surface area contributed by atoms with Crippen LogP contribution in [-0.4, -0.2) is 55.2 Å². The summed E-state index contributed by atoms with van der Waals surface area (Å²) in [5.74, 6) is 0.101. The van der Waals surface area contributed by atoms with Crippen molar-refractivity contribution in [2.45, 2.75) is 63.0 Å². The van der Waals surface area contributed by atoms with Gasteiger partial charge in [-0.05, 0) is 45.2 Å². The summed E-state index contributed by atoms with van der Waals surface area (Å²) in [4.78, 5) is 2.45. The Morgan fingerprint density at radius 3 is 2.21 bits per heavy atom. The number of aliphatic hydroxyl groups excluding tert-OH is 1. The van der Waals surface area contributed by atoms with E-state index in [2.05, 4.69) is 4.90 Å². The Morgan fingerprint density at radius 1 is 1.11 bits per heavy atom. The fourth-order valence-corrected chi connectivity index (χ4v) is 4.43. The summed E-state index contributed by atoms with van der Waals surface area (Å²) in [7, 11) is -2.98. The van der Waals surface area contributed by atoms with Gasteiger partial charge in [-0.2, -0.15) is 0 Å². The topological polar surface area (TPSA) is 57.6 Å². The highest BCUT2D eigenvalue weighted by atomic mass is 32.2. The summed E-state index contributed by atoms with van der Waals surface area (Å²) in [5.41, 5.74) is -0.134. The largest absolute Gasteiger partial charge is 0.391 e. The molecule has 1 atom stereocenters. The van der Waals surface area contributed by atoms with Gasteiger partial charge in [0.15, 0.2) is 0 Å². The number of nitrogens with zero attached hydrogens (tertiary/aromatic N) is 1. The molecule has 19 heavy (non-hydrogen) atoms. The molecular weight excluding hydrogens is 262 g/mol. The number of likely N-dealkylation sites (tertiary alicyclic amines) is 1. The van der Waals surface area contributed by atoms with Crippen molar-refractivity contribution in [3.8, 4) is 0 Å². The maximum atomic E-state index is 11.3. The first-order valence-corrected chi connectivity index (χ1v) is 9.61. The van der Waals surface area contributed by atoms with Crippen LogP contribution in [0, 0.1) is 0 Å². The molecule has 0 bridgehead atoms. The smallest absolute Gasteiger partial charge is 0.147 e. The molecule has 1 heterocycles. The van der Waals surface area contributed by atoms with Crippen LogP contribution in [0.3, 0.4) is 0 Å². The molecule has 0 aromatic heterocycles. The minimum absolute atomic E-state index is 0.101. The summed E-state index contributed by atoms with van der Waals surface area (Å²) in [6, 6.07) is 0. The van der Waals surface area contributed by atoms with E-state index in [4.69, 9.17) is 0 Å². The van der Waals surface area contributed by atoms with Crippen molar-refractivity contribution in [3.05, 3.63) is 0 Å². The first-order valence-electron chi connectivity index (χ1n) is 7.55. The summed E-state index contributed by atoms with van der Waals surface area (Å²) in [6.07, 6.45) is 9.21. The number of hydrogen-bond donors (Lipinski definition) is 1. The minimum atomic E-state index is -2.98. The molecule has 0 aromatic carbocycles. The number of rotatable bonds is 5. The average molecular weight is 289 g/mol. The van der Waals surface area contributed by atoms with Crippen molar-refractivity contribution in [2.24, 2.45) is 0 Å². The Kier molecular flexibility index (Phi) is 4.90. The zero-order valence-electron chi connectivity index (χ0n) is 12.0. The fourth-order valence-electron chi connectivity index (χ4n) is 3.78. The van der Waals surface area contributed by atoms with E-state index in [9.17, 15) is 13.5 Å². The molecule has 1 saturated heterocycles. The zero-order chi connectivity index (χ0) is 13.9. The van der Waals surface area contributed by atoms with E-state index >= 15 is 0 Å². The Bertz CT molecular complexity index is 381. The number of hydrogen-bond acceptors (Lipinski definition) is 4. The van der Waals surface area contributed by atoms with Crippen LogP contribution in [0.25, 0.3) is 0 Å². The van der Waals surface area contributed by atoms with Crippen LogP contribution >= 0.6 is 0 Å². The predicted molar refractivity (Wildman–Crippen MR) is 77.0 cm³/mol. The van der Waals surface area contributed by atoms with Crippen LogP contribution in [0.1, 0.15) is 51.4 Å². The Labute approximate surface area is 117 Å². The highest BCUT2D eigenvalue weighted by molar-refractivity contribution is 7.90. The maximum Gasteiger partial charge on any atom is 0.147 e. The zero-order valence-corrected chi connectivity index (χ0v) is 12.8. The van der Waals surface area contributed by atoms with Gasteiger partial charge in [0.2, 0.25) is 0 Å². The quantitative estimate of drug-likeness (QED) is 0.835. The second-order valence-electron chi connectivity index (χ2n) is 6.29. The van der Waals surface area contributed by atoms with Crippen LogP contribution in [0.5, 0.6) is 0 Å². The van der Waals surface area contributed by atoms with E-state index in [0.29, 0.717) is 6.42 Å². The predicted octanol–water partition coefficient (Wildman–Crippen LogP) is 1.58. The third kappa shape index (κ3) is 3.70. The van der Waals surface area contributed by atoms with Crippen molar-refractivity contribution < 1.29 is 13.5 Å². The van der Waals surface area contributed by atoms with Gasteiger partial charge in [0.25, 0.3) is 0 Å². The molecule has 0 spiro atoms. The van der Waals surface area contributed by atoms with E-state index in [-0.39, 0.29) is 11.3 Å². The Balaban J connectivity index is 2.05. The monoisotopic (exact) mass is 289 g/mol. The van der Waals surface area contributed by atoms with Gasteiger partial charge >= 0.3 is 0 Å². The second-order valence-corrected chi connectivity index (χ2v) is 8.55. The van der Waals surface area contributed by atoms with E-state index in [1.807, 2.05) is 0 Å². The molecule has 5 heteroatoms. The number of aliphatic hydroxyl groups is 1. The van der Waals surface area contributed by atoms with Gasteiger partial charge in [0.1, 0.15) is 9.84 Å². The molecule has 0 amide bonds. The van der Waals surface area contributed by atoms with Crippen molar-refractivity contribution in [1.29, 1.82) is 0 Å². The normalized spacial score (nSPS) is 26.4. The van der Waals surface area contributed by atoms with Gasteiger partial charge in [0.05, 0.1) is 11.9 Å². The van der Waals surface area contributed by atoms with Gasteiger partial charge < -0.3 is 5.11 Å². The maximum absolute atomic E-state index is 11.3. The molecule has 112 valence electrons. The van der Waals surface area contributed by atoms with Crippen LogP contribution < -0.4 is 0 Å². The van der Waals surface area contributed by atoms with Crippen LogP contribution in [0.4, 0.5) is 0 Å². The molecule has 0 aromatic rings. The third-order valence-electron chi connectivity index (χ3n) is 4.84. The van der Waals surface area contributed by atoms with Gasteiger partial charge in [-0.25, -0.2) is 8.42 Å². The standard InChI is InChI=1S/C14H27NO3S/c1-19(17,18)12-7-13(16)14(8-3-4-9-14)15-10-5-2-6-11-15/h13,16H,2-12H2,1H3. The molecular formula is C14H27NO3S. The van der Waals surface area contributed by atoms with E-state index in [0.717, 1.165) is 38.8 Å². The van der Waals surface area contributed by atoms with Crippen molar-refractivity contribution in [1.82, 2.24) is 4.90 Å². The molecule has 1 saturated carbocycles. The molecule has 1 unspecified atom stereocenters. The molecule has 4 nitrogen and oxygen atoms in total. The minimum Gasteiger partial charge on any atom is -0.391 e. The fraction of sp³-hybridized carbons (Fsp3) is 1.00. The van der Waals surface area contributed by atoms with Gasteiger partial charge in [0, 0.05) is 11.8 Å². The van der Waals surface area contributed by atoms with E-state index in [1.54, 1.807) is 0 Å². The molecule has 1 N–H and O–H groups in total. The lowest BCUT2D eigenvalue weighted by Crippen LogP contribution is -2.56. The van der Waals surface area contributed by atoms with Crippen LogP contribution in [-0.2, 0) is 9.84 Å². The SMILES string of the molecule is CS(=O)(=O)CCC(O)C1(N2CCCCC2)CCCC1. The Morgan fingerprint density at radius 2 is 1.68 bits per heavy atom. The average Bonchev–Trinajstić information content (AvgIpc) is 2.87. The third-order valence-corrected chi connectivity index (χ3v) is 5.81. The first kappa shape index (κ1) is 15.3. The van der Waals surface area contributed by atoms with Crippen molar-refractivity contribution >= 4 is 9.84 Å². The molecule has 2 fully saturated rings.